The Morgan fingerprint density at radius 1 is 1.58 bits per heavy atom. The lowest BCUT2D eigenvalue weighted by Crippen LogP contribution is -2.23. The zero-order valence-electron chi connectivity index (χ0n) is 8.01. The van der Waals surface area contributed by atoms with Gasteiger partial charge in [-0.15, -0.1) is 0 Å². The third-order valence-corrected chi connectivity index (χ3v) is 2.12. The van der Waals surface area contributed by atoms with Gasteiger partial charge in [-0.2, -0.15) is 0 Å². The molecule has 0 aromatic heterocycles. The Kier molecular flexibility index (Phi) is 3.50. The second-order valence-corrected chi connectivity index (χ2v) is 3.90. The molecule has 1 heterocycles. The Morgan fingerprint density at radius 3 is 2.83 bits per heavy atom. The van der Waals surface area contributed by atoms with Gasteiger partial charge in [0.25, 0.3) is 0 Å². The van der Waals surface area contributed by atoms with Crippen LogP contribution in [0.2, 0.25) is 0 Å². The highest BCUT2D eigenvalue weighted by molar-refractivity contribution is 4.80. The Hall–Kier alpha value is -0.120. The minimum absolute atomic E-state index is 0.0523. The van der Waals surface area contributed by atoms with Crippen LogP contribution in [-0.4, -0.2) is 31.5 Å². The highest BCUT2D eigenvalue weighted by atomic mass is 16.5. The van der Waals surface area contributed by atoms with E-state index in [9.17, 15) is 0 Å². The van der Waals surface area contributed by atoms with Crippen LogP contribution in [0.5, 0.6) is 0 Å². The maximum absolute atomic E-state index is 5.73. The Balaban J connectivity index is 2.11. The van der Waals surface area contributed by atoms with Crippen LogP contribution in [0.1, 0.15) is 26.7 Å². The van der Waals surface area contributed by atoms with Crippen LogP contribution >= 0.6 is 0 Å². The topological polar surface area (TPSA) is 44.5 Å². The van der Waals surface area contributed by atoms with Gasteiger partial charge in [-0.1, -0.05) is 0 Å². The van der Waals surface area contributed by atoms with E-state index in [4.69, 9.17) is 15.2 Å². The van der Waals surface area contributed by atoms with Crippen molar-refractivity contribution in [1.29, 1.82) is 0 Å². The van der Waals surface area contributed by atoms with E-state index in [1.54, 1.807) is 0 Å². The predicted molar refractivity (Wildman–Crippen MR) is 48.1 cm³/mol. The van der Waals surface area contributed by atoms with Crippen molar-refractivity contribution in [1.82, 2.24) is 0 Å². The molecule has 1 atom stereocenters. The lowest BCUT2D eigenvalue weighted by atomic mass is 10.1. The zero-order valence-corrected chi connectivity index (χ0v) is 8.01. The van der Waals surface area contributed by atoms with E-state index in [1.165, 1.54) is 0 Å². The predicted octanol–water partition coefficient (Wildman–Crippen LogP) is 0.919. The van der Waals surface area contributed by atoms with Crippen LogP contribution in [0.3, 0.4) is 0 Å². The first kappa shape index (κ1) is 9.96. The molecule has 1 aliphatic rings. The molecule has 0 spiro atoms. The number of ether oxygens (including phenoxy) is 2. The van der Waals surface area contributed by atoms with Crippen molar-refractivity contribution in [2.75, 3.05) is 19.8 Å². The second kappa shape index (κ2) is 4.21. The summed E-state index contributed by atoms with van der Waals surface area (Å²) < 4.78 is 11.0. The summed E-state index contributed by atoms with van der Waals surface area (Å²) in [4.78, 5) is 0. The maximum atomic E-state index is 5.73. The van der Waals surface area contributed by atoms with Gasteiger partial charge in [-0.05, 0) is 26.7 Å². The molecule has 3 heteroatoms. The van der Waals surface area contributed by atoms with Gasteiger partial charge in [-0.3, -0.25) is 0 Å². The van der Waals surface area contributed by atoms with Gasteiger partial charge in [-0.25, -0.2) is 0 Å². The summed E-state index contributed by atoms with van der Waals surface area (Å²) in [5.74, 6) is 0. The van der Waals surface area contributed by atoms with Gasteiger partial charge >= 0.3 is 0 Å². The molecule has 72 valence electrons. The minimum Gasteiger partial charge on any atom is -0.377 e. The number of rotatable bonds is 4. The van der Waals surface area contributed by atoms with Gasteiger partial charge in [0.2, 0.25) is 0 Å². The molecule has 0 bridgehead atoms. The summed E-state index contributed by atoms with van der Waals surface area (Å²) >= 11 is 0. The fourth-order valence-electron chi connectivity index (χ4n) is 1.49. The van der Waals surface area contributed by atoms with Crippen LogP contribution in [0.15, 0.2) is 0 Å². The lowest BCUT2D eigenvalue weighted by molar-refractivity contribution is -0.0521. The molecule has 1 fully saturated rings. The van der Waals surface area contributed by atoms with Gasteiger partial charge < -0.3 is 15.2 Å². The SMILES string of the molecule is CC1(C)CCC(COCCN)O1. The van der Waals surface area contributed by atoms with Crippen molar-refractivity contribution in [3.05, 3.63) is 0 Å². The molecule has 0 aliphatic carbocycles. The van der Waals surface area contributed by atoms with Gasteiger partial charge in [0.1, 0.15) is 0 Å². The first-order valence-corrected chi connectivity index (χ1v) is 4.60. The highest BCUT2D eigenvalue weighted by Crippen LogP contribution is 2.29. The molecule has 0 saturated carbocycles. The molecule has 3 nitrogen and oxygen atoms in total. The molecule has 0 radical (unpaired) electrons. The van der Waals surface area contributed by atoms with Crippen molar-refractivity contribution in [3.63, 3.8) is 0 Å². The molecular weight excluding hydrogens is 154 g/mol. The van der Waals surface area contributed by atoms with Gasteiger partial charge in [0, 0.05) is 6.54 Å². The quantitative estimate of drug-likeness (QED) is 0.643. The molecule has 2 N–H and O–H groups in total. The Morgan fingerprint density at radius 2 is 2.33 bits per heavy atom. The normalized spacial score (nSPS) is 27.8. The molecule has 1 unspecified atom stereocenters. The average Bonchev–Trinajstić information content (AvgIpc) is 2.31. The summed E-state index contributed by atoms with van der Waals surface area (Å²) in [6.07, 6.45) is 2.52. The fourth-order valence-corrected chi connectivity index (χ4v) is 1.49. The Bertz CT molecular complexity index is 136. The third kappa shape index (κ3) is 3.09. The number of nitrogens with two attached hydrogens (primary N) is 1. The average molecular weight is 173 g/mol. The van der Waals surface area contributed by atoms with E-state index in [2.05, 4.69) is 13.8 Å². The monoisotopic (exact) mass is 173 g/mol. The first-order chi connectivity index (χ1) is 5.64. The lowest BCUT2D eigenvalue weighted by Gasteiger charge is -2.19. The summed E-state index contributed by atoms with van der Waals surface area (Å²) in [6, 6.07) is 0. The van der Waals surface area contributed by atoms with Crippen molar-refractivity contribution >= 4 is 0 Å². The summed E-state index contributed by atoms with van der Waals surface area (Å²) in [5, 5.41) is 0. The van der Waals surface area contributed by atoms with Crippen molar-refractivity contribution in [3.8, 4) is 0 Å². The largest absolute Gasteiger partial charge is 0.377 e. The van der Waals surface area contributed by atoms with Crippen molar-refractivity contribution in [2.45, 2.75) is 38.4 Å². The van der Waals surface area contributed by atoms with E-state index >= 15 is 0 Å². The summed E-state index contributed by atoms with van der Waals surface area (Å²) in [6.45, 7) is 6.17. The smallest absolute Gasteiger partial charge is 0.0816 e. The number of hydrogen-bond donors (Lipinski definition) is 1. The van der Waals surface area contributed by atoms with E-state index in [0.29, 0.717) is 19.8 Å². The first-order valence-electron chi connectivity index (χ1n) is 4.60. The summed E-state index contributed by atoms with van der Waals surface area (Å²) in [5.41, 5.74) is 5.35. The van der Waals surface area contributed by atoms with Gasteiger partial charge in [0.05, 0.1) is 24.9 Å². The van der Waals surface area contributed by atoms with Crippen LogP contribution in [-0.2, 0) is 9.47 Å². The van der Waals surface area contributed by atoms with Crippen LogP contribution in [0, 0.1) is 0 Å². The van der Waals surface area contributed by atoms with E-state index < -0.39 is 0 Å². The molecule has 0 aromatic carbocycles. The van der Waals surface area contributed by atoms with Crippen LogP contribution < -0.4 is 5.73 Å². The standard InChI is InChI=1S/C9H19NO2/c1-9(2)4-3-8(12-9)7-11-6-5-10/h8H,3-7,10H2,1-2H3. The van der Waals surface area contributed by atoms with Crippen molar-refractivity contribution in [2.24, 2.45) is 5.73 Å². The molecular formula is C9H19NO2. The molecule has 1 rings (SSSR count). The number of hydrogen-bond acceptors (Lipinski definition) is 3. The third-order valence-electron chi connectivity index (χ3n) is 2.12. The molecule has 1 aliphatic heterocycles. The highest BCUT2D eigenvalue weighted by Gasteiger charge is 2.31. The van der Waals surface area contributed by atoms with E-state index in [1.807, 2.05) is 0 Å². The summed E-state index contributed by atoms with van der Waals surface area (Å²) in [7, 11) is 0. The van der Waals surface area contributed by atoms with Crippen LogP contribution in [0.25, 0.3) is 0 Å². The molecule has 1 saturated heterocycles. The molecule has 0 aromatic rings. The van der Waals surface area contributed by atoms with E-state index in [-0.39, 0.29) is 11.7 Å². The maximum Gasteiger partial charge on any atom is 0.0816 e. The van der Waals surface area contributed by atoms with Gasteiger partial charge in [0.15, 0.2) is 0 Å². The second-order valence-electron chi connectivity index (χ2n) is 3.90. The van der Waals surface area contributed by atoms with Crippen molar-refractivity contribution < 1.29 is 9.47 Å². The molecule has 12 heavy (non-hydrogen) atoms. The van der Waals surface area contributed by atoms with E-state index in [0.717, 1.165) is 12.8 Å². The fraction of sp³-hybridized carbons (Fsp3) is 1.00. The Labute approximate surface area is 74.2 Å². The molecule has 0 amide bonds. The minimum atomic E-state index is 0.0523. The van der Waals surface area contributed by atoms with Crippen LogP contribution in [0.4, 0.5) is 0 Å². The zero-order chi connectivity index (χ0) is 9.03.